The van der Waals surface area contributed by atoms with Gasteiger partial charge in [0, 0.05) is 24.3 Å². The lowest BCUT2D eigenvalue weighted by Crippen LogP contribution is -2.28. The van der Waals surface area contributed by atoms with Gasteiger partial charge in [-0.15, -0.1) is 0 Å². The number of ether oxygens (including phenoxy) is 1. The van der Waals surface area contributed by atoms with E-state index in [0.29, 0.717) is 31.1 Å². The standard InChI is InChI=1S/C12H15N3O3/c13-9-1-3-10(4-2-9)14-11(16)5-6-15-7-8-18-12(15)17/h1-4H,5-8,13H2,(H,14,16). The van der Waals surface area contributed by atoms with Gasteiger partial charge in [-0.25, -0.2) is 4.79 Å². The molecule has 0 unspecified atom stereocenters. The number of rotatable bonds is 4. The van der Waals surface area contributed by atoms with Crippen LogP contribution in [0.5, 0.6) is 0 Å². The van der Waals surface area contributed by atoms with E-state index in [9.17, 15) is 9.59 Å². The zero-order chi connectivity index (χ0) is 13.0. The maximum Gasteiger partial charge on any atom is 0.409 e. The van der Waals surface area contributed by atoms with E-state index in [-0.39, 0.29) is 18.4 Å². The normalized spacial score (nSPS) is 14.4. The third kappa shape index (κ3) is 3.13. The van der Waals surface area contributed by atoms with E-state index in [1.165, 1.54) is 4.90 Å². The van der Waals surface area contributed by atoms with Gasteiger partial charge in [0.15, 0.2) is 0 Å². The number of cyclic esters (lactones) is 1. The summed E-state index contributed by atoms with van der Waals surface area (Å²) in [4.78, 5) is 24.3. The minimum absolute atomic E-state index is 0.139. The van der Waals surface area contributed by atoms with Gasteiger partial charge in [0.2, 0.25) is 5.91 Å². The first-order valence-electron chi connectivity index (χ1n) is 5.72. The smallest absolute Gasteiger partial charge is 0.409 e. The fraction of sp³-hybridized carbons (Fsp3) is 0.333. The van der Waals surface area contributed by atoms with E-state index < -0.39 is 0 Å². The zero-order valence-corrected chi connectivity index (χ0v) is 9.89. The van der Waals surface area contributed by atoms with Crippen molar-refractivity contribution >= 4 is 23.4 Å². The largest absolute Gasteiger partial charge is 0.448 e. The molecule has 2 rings (SSSR count). The monoisotopic (exact) mass is 249 g/mol. The highest BCUT2D eigenvalue weighted by Crippen LogP contribution is 2.11. The zero-order valence-electron chi connectivity index (χ0n) is 9.89. The fourth-order valence-electron chi connectivity index (χ4n) is 1.66. The van der Waals surface area contributed by atoms with Crippen molar-refractivity contribution in [2.45, 2.75) is 6.42 Å². The summed E-state index contributed by atoms with van der Waals surface area (Å²) in [6.07, 6.45) is -0.102. The summed E-state index contributed by atoms with van der Waals surface area (Å²) in [6.45, 7) is 1.33. The number of nitrogens with two attached hydrogens (primary N) is 1. The molecule has 0 spiro atoms. The number of amides is 2. The summed E-state index contributed by atoms with van der Waals surface area (Å²) in [7, 11) is 0. The Kier molecular flexibility index (Phi) is 3.66. The van der Waals surface area contributed by atoms with E-state index in [2.05, 4.69) is 5.32 Å². The van der Waals surface area contributed by atoms with Crippen molar-refractivity contribution < 1.29 is 14.3 Å². The molecular weight excluding hydrogens is 234 g/mol. The first-order valence-corrected chi connectivity index (χ1v) is 5.72. The van der Waals surface area contributed by atoms with E-state index in [4.69, 9.17) is 10.5 Å². The van der Waals surface area contributed by atoms with E-state index in [0.717, 1.165) is 0 Å². The fourth-order valence-corrected chi connectivity index (χ4v) is 1.66. The Balaban J connectivity index is 1.78. The Morgan fingerprint density at radius 3 is 2.72 bits per heavy atom. The molecule has 0 aliphatic carbocycles. The van der Waals surface area contributed by atoms with E-state index in [1.807, 2.05) is 0 Å². The van der Waals surface area contributed by atoms with Crippen LogP contribution in [0.25, 0.3) is 0 Å². The summed E-state index contributed by atoms with van der Waals surface area (Å²) in [5.74, 6) is -0.139. The average molecular weight is 249 g/mol. The molecule has 2 amide bonds. The van der Waals surface area contributed by atoms with Crippen molar-refractivity contribution in [2.24, 2.45) is 0 Å². The van der Waals surface area contributed by atoms with Crippen molar-refractivity contribution in [3.8, 4) is 0 Å². The molecule has 96 valence electrons. The molecule has 1 saturated heterocycles. The highest BCUT2D eigenvalue weighted by atomic mass is 16.6. The highest BCUT2D eigenvalue weighted by molar-refractivity contribution is 5.91. The topological polar surface area (TPSA) is 84.7 Å². The van der Waals surface area contributed by atoms with Crippen LogP contribution in [0, 0.1) is 0 Å². The van der Waals surface area contributed by atoms with Crippen molar-refractivity contribution in [1.29, 1.82) is 0 Å². The molecule has 3 N–H and O–H groups in total. The first-order chi connectivity index (χ1) is 8.65. The maximum absolute atomic E-state index is 11.6. The highest BCUT2D eigenvalue weighted by Gasteiger charge is 2.21. The number of hydrogen-bond donors (Lipinski definition) is 2. The summed E-state index contributed by atoms with van der Waals surface area (Å²) in [6, 6.07) is 6.90. The Bertz CT molecular complexity index is 444. The molecule has 6 heteroatoms. The van der Waals surface area contributed by atoms with Crippen LogP contribution in [0.15, 0.2) is 24.3 Å². The number of carbonyl (C=O) groups excluding carboxylic acids is 2. The number of carbonyl (C=O) groups is 2. The summed E-state index contributed by atoms with van der Waals surface area (Å²) < 4.78 is 4.77. The van der Waals surface area contributed by atoms with Crippen LogP contribution >= 0.6 is 0 Å². The molecule has 1 aliphatic rings. The molecule has 0 radical (unpaired) electrons. The van der Waals surface area contributed by atoms with Crippen LogP contribution in [0.4, 0.5) is 16.2 Å². The van der Waals surface area contributed by atoms with Crippen LogP contribution < -0.4 is 11.1 Å². The Morgan fingerprint density at radius 1 is 1.39 bits per heavy atom. The first kappa shape index (κ1) is 12.2. The molecular formula is C12H15N3O3. The van der Waals surface area contributed by atoms with Gasteiger partial charge in [0.05, 0.1) is 6.54 Å². The second-order valence-electron chi connectivity index (χ2n) is 4.02. The minimum atomic E-state index is -0.352. The number of nitrogens with zero attached hydrogens (tertiary/aromatic N) is 1. The molecule has 0 aromatic heterocycles. The number of hydrogen-bond acceptors (Lipinski definition) is 4. The van der Waals surface area contributed by atoms with Crippen LogP contribution in [0.1, 0.15) is 6.42 Å². The molecule has 0 bridgehead atoms. The molecule has 1 fully saturated rings. The predicted molar refractivity (Wildman–Crippen MR) is 67.0 cm³/mol. The molecule has 1 aromatic rings. The predicted octanol–water partition coefficient (Wildman–Crippen LogP) is 1.05. The average Bonchev–Trinajstić information content (AvgIpc) is 2.75. The quantitative estimate of drug-likeness (QED) is 0.781. The van der Waals surface area contributed by atoms with Gasteiger partial charge in [0.25, 0.3) is 0 Å². The van der Waals surface area contributed by atoms with Crippen LogP contribution in [0.3, 0.4) is 0 Å². The van der Waals surface area contributed by atoms with Gasteiger partial charge in [-0.1, -0.05) is 0 Å². The lowest BCUT2D eigenvalue weighted by atomic mass is 10.2. The van der Waals surface area contributed by atoms with Gasteiger partial charge >= 0.3 is 6.09 Å². The third-order valence-corrected chi connectivity index (χ3v) is 2.65. The SMILES string of the molecule is Nc1ccc(NC(=O)CCN2CCOC2=O)cc1. The number of nitrogen functional groups attached to an aromatic ring is 1. The van der Waals surface area contributed by atoms with Crippen LogP contribution in [-0.4, -0.2) is 36.6 Å². The molecule has 18 heavy (non-hydrogen) atoms. The molecule has 1 aromatic carbocycles. The van der Waals surface area contributed by atoms with Crippen molar-refractivity contribution in [3.63, 3.8) is 0 Å². The van der Waals surface area contributed by atoms with Crippen LogP contribution in [0.2, 0.25) is 0 Å². The van der Waals surface area contributed by atoms with Crippen molar-refractivity contribution in [1.82, 2.24) is 4.90 Å². The second kappa shape index (κ2) is 5.39. The van der Waals surface area contributed by atoms with Gasteiger partial charge in [-0.05, 0) is 24.3 Å². The Labute approximate surface area is 105 Å². The maximum atomic E-state index is 11.6. The van der Waals surface area contributed by atoms with Gasteiger partial charge < -0.3 is 20.7 Å². The number of nitrogens with one attached hydrogen (secondary N) is 1. The third-order valence-electron chi connectivity index (χ3n) is 2.65. The Hall–Kier alpha value is -2.24. The summed E-state index contributed by atoms with van der Waals surface area (Å²) in [5.41, 5.74) is 6.88. The van der Waals surface area contributed by atoms with Gasteiger partial charge in [0.1, 0.15) is 6.61 Å². The molecule has 1 heterocycles. The van der Waals surface area contributed by atoms with Gasteiger partial charge in [-0.2, -0.15) is 0 Å². The minimum Gasteiger partial charge on any atom is -0.448 e. The van der Waals surface area contributed by atoms with E-state index >= 15 is 0 Å². The van der Waals surface area contributed by atoms with Crippen molar-refractivity contribution in [2.75, 3.05) is 30.7 Å². The van der Waals surface area contributed by atoms with Gasteiger partial charge in [-0.3, -0.25) is 4.79 Å². The lowest BCUT2D eigenvalue weighted by molar-refractivity contribution is -0.116. The van der Waals surface area contributed by atoms with Crippen LogP contribution in [-0.2, 0) is 9.53 Å². The molecule has 1 aliphatic heterocycles. The molecule has 0 atom stereocenters. The molecule has 0 saturated carbocycles. The second-order valence-corrected chi connectivity index (χ2v) is 4.02. The van der Waals surface area contributed by atoms with E-state index in [1.54, 1.807) is 24.3 Å². The Morgan fingerprint density at radius 2 is 2.11 bits per heavy atom. The molecule has 6 nitrogen and oxygen atoms in total. The number of anilines is 2. The summed E-state index contributed by atoms with van der Waals surface area (Å²) >= 11 is 0. The number of benzene rings is 1. The van der Waals surface area contributed by atoms with Crippen molar-refractivity contribution in [3.05, 3.63) is 24.3 Å². The summed E-state index contributed by atoms with van der Waals surface area (Å²) in [5, 5.41) is 2.73. The lowest BCUT2D eigenvalue weighted by Gasteiger charge is -2.12.